The van der Waals surface area contributed by atoms with E-state index in [0.29, 0.717) is 0 Å². The van der Waals surface area contributed by atoms with Crippen LogP contribution in [0.2, 0.25) is 0 Å². The third-order valence-electron chi connectivity index (χ3n) is 9.73. The SMILES string of the molecule is c1ccc(-c2nc(-c3ccc(-n4c5ccccc5c5ccccc54)cc3)c(-c3ccccc3)c3c2-c2cccc4cccc-3c24)cc1. The zero-order valence-electron chi connectivity index (χ0n) is 25.6. The fourth-order valence-corrected chi connectivity index (χ4v) is 7.74. The van der Waals surface area contributed by atoms with Gasteiger partial charge in [-0.3, -0.25) is 0 Å². The van der Waals surface area contributed by atoms with E-state index in [-0.39, 0.29) is 0 Å². The Morgan fingerprint density at radius 3 is 1.51 bits per heavy atom. The maximum absolute atomic E-state index is 5.62. The third kappa shape index (κ3) is 3.82. The maximum Gasteiger partial charge on any atom is 0.0794 e. The maximum atomic E-state index is 5.62. The fraction of sp³-hybridized carbons (Fsp3) is 0. The number of pyridine rings is 1. The molecule has 2 aromatic heterocycles. The molecule has 47 heavy (non-hydrogen) atoms. The summed E-state index contributed by atoms with van der Waals surface area (Å²) in [7, 11) is 0. The van der Waals surface area contributed by atoms with Crippen molar-refractivity contribution in [2.45, 2.75) is 0 Å². The summed E-state index contributed by atoms with van der Waals surface area (Å²) in [6.07, 6.45) is 0. The van der Waals surface area contributed by atoms with Crippen LogP contribution in [-0.4, -0.2) is 9.55 Å². The van der Waals surface area contributed by atoms with Crippen molar-refractivity contribution < 1.29 is 0 Å². The van der Waals surface area contributed by atoms with Gasteiger partial charge in [0.05, 0.1) is 22.4 Å². The molecule has 218 valence electrons. The minimum atomic E-state index is 0.993. The summed E-state index contributed by atoms with van der Waals surface area (Å²) in [4.78, 5) is 5.62. The Hall–Kier alpha value is -6.25. The monoisotopic (exact) mass is 596 g/mol. The lowest BCUT2D eigenvalue weighted by molar-refractivity contribution is 1.18. The zero-order chi connectivity index (χ0) is 30.9. The van der Waals surface area contributed by atoms with E-state index in [1.54, 1.807) is 0 Å². The number of rotatable bonds is 4. The molecule has 0 fully saturated rings. The Labute approximate surface area is 272 Å². The molecule has 0 bridgehead atoms. The molecule has 9 aromatic rings. The van der Waals surface area contributed by atoms with Gasteiger partial charge in [0.2, 0.25) is 0 Å². The first kappa shape index (κ1) is 26.0. The van der Waals surface area contributed by atoms with Crippen LogP contribution in [0.1, 0.15) is 0 Å². The van der Waals surface area contributed by atoms with Crippen molar-refractivity contribution in [2.24, 2.45) is 0 Å². The molecule has 0 amide bonds. The number of para-hydroxylation sites is 2. The molecule has 0 radical (unpaired) electrons. The molecule has 2 heteroatoms. The lowest BCUT2D eigenvalue weighted by Crippen LogP contribution is -1.99. The number of benzene rings is 7. The van der Waals surface area contributed by atoms with Crippen LogP contribution in [0.15, 0.2) is 170 Å². The van der Waals surface area contributed by atoms with Crippen molar-refractivity contribution in [3.63, 3.8) is 0 Å². The van der Waals surface area contributed by atoms with Crippen LogP contribution in [-0.2, 0) is 0 Å². The van der Waals surface area contributed by atoms with Gasteiger partial charge in [-0.1, -0.05) is 146 Å². The Morgan fingerprint density at radius 1 is 0.362 bits per heavy atom. The molecule has 1 aliphatic carbocycles. The van der Waals surface area contributed by atoms with Crippen molar-refractivity contribution in [1.29, 1.82) is 0 Å². The number of fused-ring (bicyclic) bond motifs is 6. The highest BCUT2D eigenvalue weighted by atomic mass is 15.0. The Balaban J connectivity index is 1.27. The van der Waals surface area contributed by atoms with Gasteiger partial charge in [-0.2, -0.15) is 0 Å². The number of hydrogen-bond acceptors (Lipinski definition) is 1. The van der Waals surface area contributed by atoms with Crippen LogP contribution in [0.3, 0.4) is 0 Å². The fourth-order valence-electron chi connectivity index (χ4n) is 7.74. The standard InChI is InChI=1S/C45H28N2/c1-3-13-30(14-4-1)41-42-36-21-11-17-29-18-12-22-37(40(29)36)43(42)45(31-15-5-2-6-16-31)46-44(41)32-25-27-33(28-26-32)47-38-23-9-7-19-34(38)35-20-8-10-24-39(35)47/h1-28H. The molecule has 1 aliphatic rings. The molecule has 2 heterocycles. The first-order chi connectivity index (χ1) is 23.3. The van der Waals surface area contributed by atoms with Crippen molar-refractivity contribution in [3.05, 3.63) is 170 Å². The van der Waals surface area contributed by atoms with E-state index in [0.717, 1.165) is 28.2 Å². The number of hydrogen-bond donors (Lipinski definition) is 0. The lowest BCUT2D eigenvalue weighted by Gasteiger charge is -2.20. The average Bonchev–Trinajstić information content (AvgIpc) is 3.66. The summed E-state index contributed by atoms with van der Waals surface area (Å²) in [6, 6.07) is 61.1. The second-order valence-corrected chi connectivity index (χ2v) is 12.3. The van der Waals surface area contributed by atoms with Gasteiger partial charge in [-0.25, -0.2) is 4.98 Å². The van der Waals surface area contributed by atoms with Crippen LogP contribution in [0.5, 0.6) is 0 Å². The summed E-state index contributed by atoms with van der Waals surface area (Å²) in [5, 5.41) is 5.09. The van der Waals surface area contributed by atoms with Gasteiger partial charge in [0, 0.05) is 44.3 Å². The third-order valence-corrected chi connectivity index (χ3v) is 9.73. The highest BCUT2D eigenvalue weighted by molar-refractivity contribution is 6.21. The summed E-state index contributed by atoms with van der Waals surface area (Å²) >= 11 is 0. The van der Waals surface area contributed by atoms with Crippen molar-refractivity contribution in [2.75, 3.05) is 0 Å². The molecular formula is C45H28N2. The van der Waals surface area contributed by atoms with E-state index in [2.05, 4.69) is 174 Å². The molecule has 0 atom stereocenters. The smallest absolute Gasteiger partial charge is 0.0794 e. The molecular weight excluding hydrogens is 569 g/mol. The van der Waals surface area contributed by atoms with E-state index in [4.69, 9.17) is 4.98 Å². The van der Waals surface area contributed by atoms with E-state index in [9.17, 15) is 0 Å². The molecule has 0 spiro atoms. The van der Waals surface area contributed by atoms with E-state index in [1.807, 2.05) is 0 Å². The molecule has 0 unspecified atom stereocenters. The second kappa shape index (κ2) is 10.1. The van der Waals surface area contributed by atoms with Gasteiger partial charge in [-0.15, -0.1) is 0 Å². The first-order valence-corrected chi connectivity index (χ1v) is 16.2. The highest BCUT2D eigenvalue weighted by Gasteiger charge is 2.31. The Bertz CT molecular complexity index is 2590. The molecule has 7 aromatic carbocycles. The summed E-state index contributed by atoms with van der Waals surface area (Å²) in [6.45, 7) is 0. The second-order valence-electron chi connectivity index (χ2n) is 12.3. The average molecular weight is 597 g/mol. The zero-order valence-corrected chi connectivity index (χ0v) is 25.6. The molecule has 0 aliphatic heterocycles. The minimum absolute atomic E-state index is 0.993. The van der Waals surface area contributed by atoms with E-state index in [1.165, 1.54) is 66.0 Å². The van der Waals surface area contributed by atoms with Gasteiger partial charge in [0.25, 0.3) is 0 Å². The van der Waals surface area contributed by atoms with Crippen LogP contribution < -0.4 is 0 Å². The molecule has 10 rings (SSSR count). The topological polar surface area (TPSA) is 17.8 Å². The van der Waals surface area contributed by atoms with Crippen molar-refractivity contribution in [1.82, 2.24) is 9.55 Å². The van der Waals surface area contributed by atoms with Crippen LogP contribution in [0.4, 0.5) is 0 Å². The highest BCUT2D eigenvalue weighted by Crippen LogP contribution is 2.56. The molecule has 0 saturated heterocycles. The largest absolute Gasteiger partial charge is 0.309 e. The first-order valence-electron chi connectivity index (χ1n) is 16.2. The van der Waals surface area contributed by atoms with E-state index >= 15 is 0 Å². The Morgan fingerprint density at radius 2 is 0.872 bits per heavy atom. The molecule has 0 saturated carbocycles. The predicted octanol–water partition coefficient (Wildman–Crippen LogP) is 12.0. The van der Waals surface area contributed by atoms with Crippen LogP contribution >= 0.6 is 0 Å². The summed E-state index contributed by atoms with van der Waals surface area (Å²) in [5.41, 5.74) is 15.1. The van der Waals surface area contributed by atoms with Crippen molar-refractivity contribution >= 4 is 32.6 Å². The lowest BCUT2D eigenvalue weighted by atomic mass is 9.88. The van der Waals surface area contributed by atoms with Crippen molar-refractivity contribution in [3.8, 4) is 61.6 Å². The predicted molar refractivity (Wildman–Crippen MR) is 197 cm³/mol. The van der Waals surface area contributed by atoms with Crippen LogP contribution in [0, 0.1) is 0 Å². The number of nitrogens with zero attached hydrogens (tertiary/aromatic N) is 2. The molecule has 2 nitrogen and oxygen atoms in total. The summed E-state index contributed by atoms with van der Waals surface area (Å²) < 4.78 is 2.37. The van der Waals surface area contributed by atoms with E-state index < -0.39 is 0 Å². The minimum Gasteiger partial charge on any atom is -0.309 e. The molecule has 0 N–H and O–H groups in total. The Kier molecular flexibility index (Phi) is 5.61. The van der Waals surface area contributed by atoms with Gasteiger partial charge in [-0.05, 0) is 51.7 Å². The van der Waals surface area contributed by atoms with Gasteiger partial charge >= 0.3 is 0 Å². The normalized spacial score (nSPS) is 11.8. The number of aromatic nitrogens is 2. The quantitative estimate of drug-likeness (QED) is 0.198. The van der Waals surface area contributed by atoms with Crippen LogP contribution in [0.25, 0.3) is 94.2 Å². The van der Waals surface area contributed by atoms with Gasteiger partial charge < -0.3 is 4.57 Å². The van der Waals surface area contributed by atoms with Gasteiger partial charge in [0.15, 0.2) is 0 Å². The summed E-state index contributed by atoms with van der Waals surface area (Å²) in [5.74, 6) is 0. The van der Waals surface area contributed by atoms with Gasteiger partial charge in [0.1, 0.15) is 0 Å².